The first-order chi connectivity index (χ1) is 10.2. The van der Waals surface area contributed by atoms with Gasteiger partial charge in [-0.05, 0) is 37.3 Å². The molecule has 0 bridgehead atoms. The lowest BCUT2D eigenvalue weighted by Gasteiger charge is -2.08. The van der Waals surface area contributed by atoms with E-state index in [2.05, 4.69) is 20.9 Å². The second-order valence-electron chi connectivity index (χ2n) is 4.65. The van der Waals surface area contributed by atoms with Crippen molar-refractivity contribution in [2.45, 2.75) is 6.92 Å². The Hall–Kier alpha value is -2.07. The average molecular weight is 344 g/mol. The lowest BCUT2D eigenvalue weighted by molar-refractivity contribution is 0.103. The number of carbonyl (C=O) groups is 1. The van der Waals surface area contributed by atoms with Gasteiger partial charge in [-0.15, -0.1) is 0 Å². The van der Waals surface area contributed by atoms with Crippen molar-refractivity contribution in [2.24, 2.45) is 0 Å². The van der Waals surface area contributed by atoms with Gasteiger partial charge in [0.1, 0.15) is 5.75 Å². The van der Waals surface area contributed by atoms with Gasteiger partial charge in [-0.2, -0.15) is 0 Å². The highest BCUT2D eigenvalue weighted by Crippen LogP contribution is 2.27. The number of aromatic amines is 1. The number of rotatable bonds is 4. The number of carbonyl (C=O) groups excluding carboxylic acids is 1. The zero-order valence-corrected chi connectivity index (χ0v) is 13.1. The van der Waals surface area contributed by atoms with E-state index in [1.807, 2.05) is 43.3 Å². The summed E-state index contributed by atoms with van der Waals surface area (Å²) >= 11 is 3.45. The molecule has 0 radical (unpaired) electrons. The number of aromatic nitrogens is 1. The van der Waals surface area contributed by atoms with Crippen LogP contribution in [0, 0.1) is 0 Å². The van der Waals surface area contributed by atoms with E-state index < -0.39 is 0 Å². The summed E-state index contributed by atoms with van der Waals surface area (Å²) in [6, 6.07) is 13.2. The molecule has 0 amide bonds. The molecule has 0 spiro atoms. The Morgan fingerprint density at radius 1 is 1.19 bits per heavy atom. The number of H-pyrrole nitrogens is 1. The highest BCUT2D eigenvalue weighted by atomic mass is 79.9. The number of fused-ring (bicyclic) bond motifs is 1. The molecule has 106 valence electrons. The topological polar surface area (TPSA) is 42.1 Å². The molecule has 3 nitrogen and oxygen atoms in total. The number of ether oxygens (including phenoxy) is 1. The molecule has 0 unspecified atom stereocenters. The summed E-state index contributed by atoms with van der Waals surface area (Å²) in [5.74, 6) is 0.581. The number of benzene rings is 2. The Morgan fingerprint density at radius 3 is 2.81 bits per heavy atom. The largest absolute Gasteiger partial charge is 0.493 e. The second-order valence-corrected chi connectivity index (χ2v) is 5.57. The summed E-state index contributed by atoms with van der Waals surface area (Å²) in [4.78, 5) is 15.9. The van der Waals surface area contributed by atoms with Gasteiger partial charge in [0.25, 0.3) is 0 Å². The van der Waals surface area contributed by atoms with Crippen molar-refractivity contribution in [1.29, 1.82) is 0 Å². The van der Waals surface area contributed by atoms with Crippen molar-refractivity contribution in [3.05, 3.63) is 64.3 Å². The van der Waals surface area contributed by atoms with Gasteiger partial charge in [0.05, 0.1) is 12.2 Å². The second kappa shape index (κ2) is 5.74. The molecule has 0 aliphatic heterocycles. The number of halogens is 1. The van der Waals surface area contributed by atoms with E-state index in [4.69, 9.17) is 4.74 Å². The Labute approximate surface area is 131 Å². The van der Waals surface area contributed by atoms with Crippen molar-refractivity contribution in [2.75, 3.05) is 6.61 Å². The van der Waals surface area contributed by atoms with Gasteiger partial charge in [-0.3, -0.25) is 4.79 Å². The molecule has 0 fully saturated rings. The molecule has 1 heterocycles. The zero-order chi connectivity index (χ0) is 14.8. The normalized spacial score (nSPS) is 10.8. The lowest BCUT2D eigenvalue weighted by Crippen LogP contribution is -2.04. The fourth-order valence-electron chi connectivity index (χ4n) is 2.36. The zero-order valence-electron chi connectivity index (χ0n) is 11.5. The average Bonchev–Trinajstić information content (AvgIpc) is 2.90. The summed E-state index contributed by atoms with van der Waals surface area (Å²) in [6.07, 6.45) is 1.75. The highest BCUT2D eigenvalue weighted by Gasteiger charge is 2.18. The van der Waals surface area contributed by atoms with Crippen molar-refractivity contribution in [1.82, 2.24) is 4.98 Å². The van der Waals surface area contributed by atoms with Crippen LogP contribution < -0.4 is 4.74 Å². The Balaban J connectivity index is 2.11. The number of para-hydroxylation sites is 1. The molecule has 0 aliphatic rings. The highest BCUT2D eigenvalue weighted by molar-refractivity contribution is 9.10. The van der Waals surface area contributed by atoms with Crippen LogP contribution in [0.25, 0.3) is 10.9 Å². The van der Waals surface area contributed by atoms with Crippen LogP contribution in [0.3, 0.4) is 0 Å². The fourth-order valence-corrected chi connectivity index (χ4v) is 2.72. The van der Waals surface area contributed by atoms with Gasteiger partial charge in [0.2, 0.25) is 0 Å². The maximum absolute atomic E-state index is 12.8. The number of ketones is 1. The predicted molar refractivity (Wildman–Crippen MR) is 87.0 cm³/mol. The first kappa shape index (κ1) is 13.9. The third-order valence-corrected chi connectivity index (χ3v) is 3.81. The maximum atomic E-state index is 12.8. The first-order valence-corrected chi connectivity index (χ1v) is 7.53. The fraction of sp³-hybridized carbons (Fsp3) is 0.118. The Bertz CT molecular complexity index is 807. The third kappa shape index (κ3) is 2.59. The number of nitrogens with one attached hydrogen (secondary N) is 1. The SMILES string of the molecule is CCOc1ccccc1C(=O)c1c[nH]c2ccc(Br)cc12. The number of hydrogen-bond donors (Lipinski definition) is 1. The molecule has 4 heteroatoms. The van der Waals surface area contributed by atoms with E-state index in [1.165, 1.54) is 0 Å². The van der Waals surface area contributed by atoms with Crippen molar-refractivity contribution >= 4 is 32.6 Å². The molecule has 21 heavy (non-hydrogen) atoms. The van der Waals surface area contributed by atoms with E-state index in [0.717, 1.165) is 15.4 Å². The quantitative estimate of drug-likeness (QED) is 0.705. The van der Waals surface area contributed by atoms with Crippen LogP contribution in [-0.2, 0) is 0 Å². The van der Waals surface area contributed by atoms with Crippen LogP contribution in [0.4, 0.5) is 0 Å². The molecule has 2 aromatic carbocycles. The molecular formula is C17H14BrNO2. The van der Waals surface area contributed by atoms with Crippen LogP contribution in [0.15, 0.2) is 53.1 Å². The van der Waals surface area contributed by atoms with Gasteiger partial charge < -0.3 is 9.72 Å². The van der Waals surface area contributed by atoms with Gasteiger partial charge in [-0.25, -0.2) is 0 Å². The van der Waals surface area contributed by atoms with Crippen molar-refractivity contribution in [3.63, 3.8) is 0 Å². The van der Waals surface area contributed by atoms with Gasteiger partial charge in [0.15, 0.2) is 5.78 Å². The monoisotopic (exact) mass is 343 g/mol. The third-order valence-electron chi connectivity index (χ3n) is 3.32. The Morgan fingerprint density at radius 2 is 2.00 bits per heavy atom. The van der Waals surface area contributed by atoms with Crippen LogP contribution in [0.1, 0.15) is 22.8 Å². The van der Waals surface area contributed by atoms with E-state index in [9.17, 15) is 4.79 Å². The molecule has 0 saturated carbocycles. The van der Waals surface area contributed by atoms with Gasteiger partial charge >= 0.3 is 0 Å². The standard InChI is InChI=1S/C17H14BrNO2/c1-2-21-16-6-4-3-5-12(16)17(20)14-10-19-15-8-7-11(18)9-13(14)15/h3-10,19H,2H2,1H3. The van der Waals surface area contributed by atoms with E-state index >= 15 is 0 Å². The summed E-state index contributed by atoms with van der Waals surface area (Å²) in [5, 5.41) is 0.903. The minimum absolute atomic E-state index is 0.0385. The molecular weight excluding hydrogens is 330 g/mol. The maximum Gasteiger partial charge on any atom is 0.198 e. The lowest BCUT2D eigenvalue weighted by atomic mass is 10.0. The molecule has 1 aromatic heterocycles. The van der Waals surface area contributed by atoms with Crippen LogP contribution in [-0.4, -0.2) is 17.4 Å². The van der Waals surface area contributed by atoms with Crippen LogP contribution in [0.5, 0.6) is 5.75 Å². The minimum atomic E-state index is -0.0385. The summed E-state index contributed by atoms with van der Waals surface area (Å²) < 4.78 is 6.50. The molecule has 3 aromatic rings. The van der Waals surface area contributed by atoms with Crippen LogP contribution >= 0.6 is 15.9 Å². The molecule has 0 aliphatic carbocycles. The van der Waals surface area contributed by atoms with E-state index in [0.29, 0.717) is 23.5 Å². The minimum Gasteiger partial charge on any atom is -0.493 e. The smallest absolute Gasteiger partial charge is 0.198 e. The van der Waals surface area contributed by atoms with Gasteiger partial charge in [0, 0.05) is 27.1 Å². The summed E-state index contributed by atoms with van der Waals surface area (Å²) in [5.41, 5.74) is 2.18. The predicted octanol–water partition coefficient (Wildman–Crippen LogP) is 4.56. The van der Waals surface area contributed by atoms with Crippen molar-refractivity contribution in [3.8, 4) is 5.75 Å². The van der Waals surface area contributed by atoms with E-state index in [1.54, 1.807) is 12.3 Å². The van der Waals surface area contributed by atoms with Crippen molar-refractivity contribution < 1.29 is 9.53 Å². The van der Waals surface area contributed by atoms with E-state index in [-0.39, 0.29) is 5.78 Å². The first-order valence-electron chi connectivity index (χ1n) is 6.74. The van der Waals surface area contributed by atoms with Crippen LogP contribution in [0.2, 0.25) is 0 Å². The number of hydrogen-bond acceptors (Lipinski definition) is 2. The molecule has 1 N–H and O–H groups in total. The molecule has 3 rings (SSSR count). The summed E-state index contributed by atoms with van der Waals surface area (Å²) in [7, 11) is 0. The Kier molecular flexibility index (Phi) is 3.80. The molecule has 0 saturated heterocycles. The summed E-state index contributed by atoms with van der Waals surface area (Å²) in [6.45, 7) is 2.44. The van der Waals surface area contributed by atoms with Gasteiger partial charge in [-0.1, -0.05) is 28.1 Å². The molecule has 0 atom stereocenters.